The molecule has 1 amide bonds. The summed E-state index contributed by atoms with van der Waals surface area (Å²) in [5.74, 6) is 0.495. The topological polar surface area (TPSA) is 50.6 Å². The molecule has 0 atom stereocenters. The first-order chi connectivity index (χ1) is 12.1. The van der Waals surface area contributed by atoms with E-state index < -0.39 is 0 Å². The molecule has 0 aliphatic carbocycles. The smallest absolute Gasteiger partial charge is 0.225 e. The number of nitriles is 1. The van der Waals surface area contributed by atoms with E-state index in [1.165, 1.54) is 0 Å². The Morgan fingerprint density at radius 1 is 1.12 bits per heavy atom. The summed E-state index contributed by atoms with van der Waals surface area (Å²) in [6.45, 7) is 9.91. The van der Waals surface area contributed by atoms with Crippen LogP contribution in [0.1, 0.15) is 32.3 Å². The minimum atomic E-state index is 0.154. The summed E-state index contributed by atoms with van der Waals surface area (Å²) in [6.07, 6.45) is 1.81. The molecule has 1 aromatic rings. The Bertz CT molecular complexity index is 635. The van der Waals surface area contributed by atoms with Gasteiger partial charge in [0.15, 0.2) is 0 Å². The molecule has 0 radical (unpaired) electrons. The third-order valence-electron chi connectivity index (χ3n) is 5.54. The SMILES string of the molecule is CC(C)N1CCN(C(=O)C2CCN(c3cccc(C#N)c3)CC2)CC1. The van der Waals surface area contributed by atoms with Gasteiger partial charge in [-0.15, -0.1) is 0 Å². The number of carbonyl (C=O) groups is 1. The molecule has 3 rings (SSSR count). The zero-order valence-corrected chi connectivity index (χ0v) is 15.3. The molecule has 2 heterocycles. The van der Waals surface area contributed by atoms with E-state index in [0.29, 0.717) is 17.5 Å². The van der Waals surface area contributed by atoms with Crippen molar-refractivity contribution in [2.24, 2.45) is 5.92 Å². The molecule has 5 heteroatoms. The van der Waals surface area contributed by atoms with Crippen LogP contribution < -0.4 is 4.90 Å². The van der Waals surface area contributed by atoms with Gasteiger partial charge in [0.2, 0.25) is 5.91 Å². The number of hydrogen-bond acceptors (Lipinski definition) is 4. The van der Waals surface area contributed by atoms with Crippen LogP contribution in [0.25, 0.3) is 0 Å². The van der Waals surface area contributed by atoms with Crippen LogP contribution in [0.4, 0.5) is 5.69 Å². The maximum atomic E-state index is 12.8. The van der Waals surface area contributed by atoms with E-state index in [1.807, 2.05) is 24.3 Å². The second kappa shape index (κ2) is 7.88. The van der Waals surface area contributed by atoms with Crippen LogP contribution in [0.2, 0.25) is 0 Å². The summed E-state index contributed by atoms with van der Waals surface area (Å²) in [6, 6.07) is 10.5. The molecule has 134 valence electrons. The van der Waals surface area contributed by atoms with Crippen molar-refractivity contribution in [3.05, 3.63) is 29.8 Å². The van der Waals surface area contributed by atoms with E-state index >= 15 is 0 Å². The average molecular weight is 340 g/mol. The highest BCUT2D eigenvalue weighted by atomic mass is 16.2. The molecule has 2 fully saturated rings. The van der Waals surface area contributed by atoms with Crippen molar-refractivity contribution < 1.29 is 4.79 Å². The van der Waals surface area contributed by atoms with Crippen molar-refractivity contribution in [2.75, 3.05) is 44.2 Å². The number of benzene rings is 1. The molecule has 0 aromatic heterocycles. The fourth-order valence-electron chi connectivity index (χ4n) is 3.87. The zero-order valence-electron chi connectivity index (χ0n) is 15.3. The predicted octanol–water partition coefficient (Wildman–Crippen LogP) is 2.33. The number of hydrogen-bond donors (Lipinski definition) is 0. The largest absolute Gasteiger partial charge is 0.371 e. The first kappa shape index (κ1) is 17.8. The molecule has 0 saturated carbocycles. The summed E-state index contributed by atoms with van der Waals surface area (Å²) < 4.78 is 0. The van der Waals surface area contributed by atoms with E-state index in [2.05, 4.69) is 34.6 Å². The first-order valence-corrected chi connectivity index (χ1v) is 9.36. The Morgan fingerprint density at radius 3 is 2.40 bits per heavy atom. The molecule has 2 aliphatic rings. The molecule has 0 spiro atoms. The second-order valence-electron chi connectivity index (χ2n) is 7.38. The maximum absolute atomic E-state index is 12.8. The van der Waals surface area contributed by atoms with Crippen molar-refractivity contribution in [1.29, 1.82) is 5.26 Å². The summed E-state index contributed by atoms with van der Waals surface area (Å²) in [7, 11) is 0. The van der Waals surface area contributed by atoms with E-state index in [-0.39, 0.29) is 5.92 Å². The summed E-state index contributed by atoms with van der Waals surface area (Å²) >= 11 is 0. The molecule has 0 unspecified atom stereocenters. The summed E-state index contributed by atoms with van der Waals surface area (Å²) in [4.78, 5) is 19.6. The van der Waals surface area contributed by atoms with Gasteiger partial charge in [-0.25, -0.2) is 0 Å². The van der Waals surface area contributed by atoms with Crippen LogP contribution in [-0.4, -0.2) is 61.0 Å². The Hall–Kier alpha value is -2.06. The van der Waals surface area contributed by atoms with Gasteiger partial charge in [-0.2, -0.15) is 5.26 Å². The monoisotopic (exact) mass is 340 g/mol. The van der Waals surface area contributed by atoms with Gasteiger partial charge in [0, 0.05) is 56.9 Å². The van der Waals surface area contributed by atoms with Gasteiger partial charge in [0.25, 0.3) is 0 Å². The average Bonchev–Trinajstić information content (AvgIpc) is 2.67. The number of amides is 1. The Kier molecular flexibility index (Phi) is 5.60. The lowest BCUT2D eigenvalue weighted by atomic mass is 9.94. The maximum Gasteiger partial charge on any atom is 0.225 e. The second-order valence-corrected chi connectivity index (χ2v) is 7.38. The van der Waals surface area contributed by atoms with Crippen LogP contribution in [0.3, 0.4) is 0 Å². The van der Waals surface area contributed by atoms with Crippen molar-refractivity contribution in [3.8, 4) is 6.07 Å². The molecule has 0 N–H and O–H groups in total. The lowest BCUT2D eigenvalue weighted by molar-refractivity contribution is -0.138. The van der Waals surface area contributed by atoms with E-state index in [9.17, 15) is 4.79 Å². The van der Waals surface area contributed by atoms with E-state index in [0.717, 1.165) is 57.8 Å². The summed E-state index contributed by atoms with van der Waals surface area (Å²) in [5, 5.41) is 9.05. The van der Waals surface area contributed by atoms with Gasteiger partial charge in [0.05, 0.1) is 11.6 Å². The molecule has 2 saturated heterocycles. The highest BCUT2D eigenvalue weighted by Gasteiger charge is 2.30. The lowest BCUT2D eigenvalue weighted by Gasteiger charge is -2.40. The number of rotatable bonds is 3. The fraction of sp³-hybridized carbons (Fsp3) is 0.600. The third kappa shape index (κ3) is 4.13. The van der Waals surface area contributed by atoms with E-state index in [1.54, 1.807) is 0 Å². The fourth-order valence-corrected chi connectivity index (χ4v) is 3.87. The van der Waals surface area contributed by atoms with Gasteiger partial charge in [-0.05, 0) is 44.9 Å². The van der Waals surface area contributed by atoms with Crippen LogP contribution in [-0.2, 0) is 4.79 Å². The molecular weight excluding hydrogens is 312 g/mol. The van der Waals surface area contributed by atoms with Crippen molar-refractivity contribution in [2.45, 2.75) is 32.7 Å². The molecule has 0 bridgehead atoms. The number of carbonyl (C=O) groups excluding carboxylic acids is 1. The van der Waals surface area contributed by atoms with Crippen LogP contribution in [0.5, 0.6) is 0 Å². The van der Waals surface area contributed by atoms with Gasteiger partial charge in [-0.1, -0.05) is 6.07 Å². The molecule has 2 aliphatic heterocycles. The molecule has 5 nitrogen and oxygen atoms in total. The Morgan fingerprint density at radius 2 is 1.80 bits per heavy atom. The number of nitrogens with zero attached hydrogens (tertiary/aromatic N) is 4. The first-order valence-electron chi connectivity index (χ1n) is 9.36. The van der Waals surface area contributed by atoms with E-state index in [4.69, 9.17) is 5.26 Å². The van der Waals surface area contributed by atoms with Gasteiger partial charge in [-0.3, -0.25) is 9.69 Å². The van der Waals surface area contributed by atoms with Gasteiger partial charge in [0.1, 0.15) is 0 Å². The molecular formula is C20H28N4O. The minimum Gasteiger partial charge on any atom is -0.371 e. The van der Waals surface area contributed by atoms with Gasteiger partial charge < -0.3 is 9.80 Å². The van der Waals surface area contributed by atoms with Crippen LogP contribution >= 0.6 is 0 Å². The quantitative estimate of drug-likeness (QED) is 0.847. The number of piperidine rings is 1. The highest BCUT2D eigenvalue weighted by molar-refractivity contribution is 5.79. The zero-order chi connectivity index (χ0) is 17.8. The molecule has 1 aromatic carbocycles. The molecule has 25 heavy (non-hydrogen) atoms. The van der Waals surface area contributed by atoms with Crippen LogP contribution in [0.15, 0.2) is 24.3 Å². The third-order valence-corrected chi connectivity index (χ3v) is 5.54. The predicted molar refractivity (Wildman–Crippen MR) is 99.4 cm³/mol. The standard InChI is InChI=1S/C20H28N4O/c1-16(2)22-10-12-24(13-11-22)20(25)18-6-8-23(9-7-18)19-5-3-4-17(14-19)15-21/h3-5,14,16,18H,6-13H2,1-2H3. The van der Waals surface area contributed by atoms with Crippen LogP contribution in [0, 0.1) is 17.2 Å². The van der Waals surface area contributed by atoms with Crippen molar-refractivity contribution in [3.63, 3.8) is 0 Å². The Balaban J connectivity index is 1.52. The summed E-state index contributed by atoms with van der Waals surface area (Å²) in [5.41, 5.74) is 1.79. The number of anilines is 1. The lowest BCUT2D eigenvalue weighted by Crippen LogP contribution is -2.53. The normalized spacial score (nSPS) is 19.9. The number of piperazine rings is 1. The highest BCUT2D eigenvalue weighted by Crippen LogP contribution is 2.25. The van der Waals surface area contributed by atoms with Crippen molar-refractivity contribution in [1.82, 2.24) is 9.80 Å². The van der Waals surface area contributed by atoms with Gasteiger partial charge >= 0.3 is 0 Å². The Labute approximate surface area is 150 Å². The minimum absolute atomic E-state index is 0.154. The van der Waals surface area contributed by atoms with Crippen molar-refractivity contribution >= 4 is 11.6 Å².